The summed E-state index contributed by atoms with van der Waals surface area (Å²) in [5.41, 5.74) is 2.74. The third-order valence-corrected chi connectivity index (χ3v) is 4.96. The van der Waals surface area contributed by atoms with Gasteiger partial charge in [0.15, 0.2) is 0 Å². The fraction of sp³-hybridized carbons (Fsp3) is 0.143. The van der Waals surface area contributed by atoms with Crippen LogP contribution >= 0.6 is 11.6 Å². The molecule has 1 N–H and O–H groups in total. The molecule has 1 amide bonds. The molecule has 1 aliphatic rings. The smallest absolute Gasteiger partial charge is 0.260 e. The Kier molecular flexibility index (Phi) is 4.54. The molecule has 4 rings (SSSR count). The molecule has 0 saturated carbocycles. The third-order valence-electron chi connectivity index (χ3n) is 4.65. The first-order valence-corrected chi connectivity index (χ1v) is 9.01. The molecule has 0 saturated heterocycles. The van der Waals surface area contributed by atoms with Gasteiger partial charge in [0.05, 0.1) is 22.5 Å². The van der Waals surface area contributed by atoms with Gasteiger partial charge in [-0.3, -0.25) is 4.79 Å². The number of carbonyl (C=O) groups is 1. The molecule has 0 bridgehead atoms. The van der Waals surface area contributed by atoms with Gasteiger partial charge in [0, 0.05) is 11.7 Å². The second kappa shape index (κ2) is 7.00. The van der Waals surface area contributed by atoms with Gasteiger partial charge in [-0.1, -0.05) is 35.9 Å². The quantitative estimate of drug-likeness (QED) is 0.677. The minimum Gasteiger partial charge on any atom is -0.323 e. The molecule has 136 valence electrons. The molecule has 1 aromatic heterocycles. The number of nitrogens with one attached hydrogen (secondary N) is 1. The lowest BCUT2D eigenvalue weighted by Gasteiger charge is -2.24. The van der Waals surface area contributed by atoms with Crippen molar-refractivity contribution in [3.05, 3.63) is 82.8 Å². The average molecular weight is 382 g/mol. The van der Waals surface area contributed by atoms with Gasteiger partial charge in [-0.05, 0) is 49.2 Å². The maximum Gasteiger partial charge on any atom is 0.260 e. The molecular formula is C21H17ClFN3O. The van der Waals surface area contributed by atoms with Crippen molar-refractivity contribution in [2.24, 2.45) is 0 Å². The van der Waals surface area contributed by atoms with Gasteiger partial charge >= 0.3 is 0 Å². The van der Waals surface area contributed by atoms with Gasteiger partial charge in [-0.2, -0.15) is 0 Å². The van der Waals surface area contributed by atoms with Crippen molar-refractivity contribution in [2.45, 2.75) is 19.4 Å². The van der Waals surface area contributed by atoms with E-state index in [0.29, 0.717) is 11.7 Å². The first-order valence-electron chi connectivity index (χ1n) is 8.63. The number of carbonyl (C=O) groups excluding carboxylic acids is 1. The van der Waals surface area contributed by atoms with E-state index in [1.54, 1.807) is 12.3 Å². The predicted molar refractivity (Wildman–Crippen MR) is 105 cm³/mol. The lowest BCUT2D eigenvalue weighted by atomic mass is 10.1. The number of nitrogens with zero attached hydrogens (tertiary/aromatic N) is 2. The first kappa shape index (κ1) is 17.5. The molecule has 3 aromatic rings. The van der Waals surface area contributed by atoms with Crippen LogP contribution in [-0.4, -0.2) is 16.9 Å². The molecule has 2 aromatic carbocycles. The maximum atomic E-state index is 13.9. The predicted octanol–water partition coefficient (Wildman–Crippen LogP) is 5.21. The second-order valence-electron chi connectivity index (χ2n) is 6.51. The summed E-state index contributed by atoms with van der Waals surface area (Å²) in [6.07, 6.45) is 2.53. The lowest BCUT2D eigenvalue weighted by molar-refractivity contribution is 0.102. The Labute approximate surface area is 161 Å². The summed E-state index contributed by atoms with van der Waals surface area (Å²) in [5, 5.41) is 2.71. The molecule has 0 spiro atoms. The van der Waals surface area contributed by atoms with Gasteiger partial charge < -0.3 is 10.2 Å². The molecule has 1 atom stereocenters. The molecule has 1 aliphatic heterocycles. The van der Waals surface area contributed by atoms with Crippen molar-refractivity contribution >= 4 is 34.7 Å². The van der Waals surface area contributed by atoms with E-state index >= 15 is 0 Å². The lowest BCUT2D eigenvalue weighted by Crippen LogP contribution is -2.24. The molecule has 0 radical (unpaired) electrons. The summed E-state index contributed by atoms with van der Waals surface area (Å²) in [5.74, 6) is -0.464. The van der Waals surface area contributed by atoms with Gasteiger partial charge in [0.25, 0.3) is 5.91 Å². The molecule has 4 nitrogen and oxygen atoms in total. The Hall–Kier alpha value is -2.92. The number of halogens is 2. The van der Waals surface area contributed by atoms with Gasteiger partial charge in [-0.25, -0.2) is 9.37 Å². The van der Waals surface area contributed by atoms with Crippen LogP contribution in [0.2, 0.25) is 5.02 Å². The molecule has 2 heterocycles. The SMILES string of the molecule is CC1Cc2ccccc2N1c1ccc(NC(=O)c2c(F)cccc2Cl)cn1. The average Bonchev–Trinajstić information content (AvgIpc) is 2.98. The van der Waals surface area contributed by atoms with Gasteiger partial charge in [0.1, 0.15) is 11.6 Å². The highest BCUT2D eigenvalue weighted by molar-refractivity contribution is 6.34. The first-order chi connectivity index (χ1) is 13.0. The zero-order chi connectivity index (χ0) is 19.0. The van der Waals surface area contributed by atoms with Crippen LogP contribution in [0.4, 0.5) is 21.6 Å². The van der Waals surface area contributed by atoms with Crippen LogP contribution in [-0.2, 0) is 6.42 Å². The van der Waals surface area contributed by atoms with Gasteiger partial charge in [0.2, 0.25) is 0 Å². The Morgan fingerprint density at radius 3 is 2.74 bits per heavy atom. The van der Waals surface area contributed by atoms with Crippen molar-refractivity contribution in [2.75, 3.05) is 10.2 Å². The number of fused-ring (bicyclic) bond motifs is 1. The number of rotatable bonds is 3. The molecule has 0 fully saturated rings. The molecule has 1 unspecified atom stereocenters. The number of hydrogen-bond donors (Lipinski definition) is 1. The number of amides is 1. The Morgan fingerprint density at radius 2 is 2.00 bits per heavy atom. The fourth-order valence-electron chi connectivity index (χ4n) is 3.43. The van der Waals surface area contributed by atoms with E-state index in [4.69, 9.17) is 11.6 Å². The topological polar surface area (TPSA) is 45.2 Å². The van der Waals surface area contributed by atoms with Crippen molar-refractivity contribution in [3.8, 4) is 0 Å². The molecule has 0 aliphatic carbocycles. The van der Waals surface area contributed by atoms with E-state index in [2.05, 4.69) is 34.3 Å². The van der Waals surface area contributed by atoms with Crippen LogP contribution in [0.25, 0.3) is 0 Å². The molecular weight excluding hydrogens is 365 g/mol. The summed E-state index contributed by atoms with van der Waals surface area (Å²) in [6.45, 7) is 2.15. The molecule has 27 heavy (non-hydrogen) atoms. The Bertz CT molecular complexity index is 986. The summed E-state index contributed by atoms with van der Waals surface area (Å²) in [7, 11) is 0. The monoisotopic (exact) mass is 381 g/mol. The maximum absolute atomic E-state index is 13.9. The number of para-hydroxylation sites is 1. The van der Waals surface area contributed by atoms with Crippen LogP contribution in [0, 0.1) is 5.82 Å². The van der Waals surface area contributed by atoms with E-state index in [0.717, 1.165) is 17.9 Å². The summed E-state index contributed by atoms with van der Waals surface area (Å²) in [6, 6.07) is 16.3. The fourth-order valence-corrected chi connectivity index (χ4v) is 3.67. The zero-order valence-corrected chi connectivity index (χ0v) is 15.4. The van der Waals surface area contributed by atoms with Crippen molar-refractivity contribution in [3.63, 3.8) is 0 Å². The highest BCUT2D eigenvalue weighted by atomic mass is 35.5. The Morgan fingerprint density at radius 1 is 1.19 bits per heavy atom. The highest BCUT2D eigenvalue weighted by Crippen LogP contribution is 2.37. The van der Waals surface area contributed by atoms with E-state index in [1.807, 2.05) is 18.2 Å². The largest absolute Gasteiger partial charge is 0.323 e. The van der Waals surface area contributed by atoms with Crippen LogP contribution in [0.3, 0.4) is 0 Å². The number of hydrogen-bond acceptors (Lipinski definition) is 3. The van der Waals surface area contributed by atoms with Crippen molar-refractivity contribution in [1.29, 1.82) is 0 Å². The summed E-state index contributed by atoms with van der Waals surface area (Å²) >= 11 is 5.94. The van der Waals surface area contributed by atoms with E-state index in [-0.39, 0.29) is 10.6 Å². The Balaban J connectivity index is 1.56. The standard InChI is InChI=1S/C21H17ClFN3O/c1-13-11-14-5-2-3-8-18(14)26(13)19-10-9-15(12-24-19)25-21(27)20-16(22)6-4-7-17(20)23/h2-10,12-13H,11H2,1H3,(H,25,27). The van der Waals surface area contributed by atoms with Gasteiger partial charge in [-0.15, -0.1) is 0 Å². The van der Waals surface area contributed by atoms with E-state index in [9.17, 15) is 9.18 Å². The summed E-state index contributed by atoms with van der Waals surface area (Å²) in [4.78, 5) is 19.0. The second-order valence-corrected chi connectivity index (χ2v) is 6.91. The number of anilines is 3. The molecule has 6 heteroatoms. The highest BCUT2D eigenvalue weighted by Gasteiger charge is 2.27. The van der Waals surface area contributed by atoms with Crippen LogP contribution in [0.15, 0.2) is 60.8 Å². The number of benzene rings is 2. The van der Waals surface area contributed by atoms with Crippen molar-refractivity contribution < 1.29 is 9.18 Å². The van der Waals surface area contributed by atoms with Crippen LogP contribution in [0.1, 0.15) is 22.8 Å². The third kappa shape index (κ3) is 3.26. The normalized spacial score (nSPS) is 15.5. The summed E-state index contributed by atoms with van der Waals surface area (Å²) < 4.78 is 13.9. The van der Waals surface area contributed by atoms with Crippen molar-refractivity contribution in [1.82, 2.24) is 4.98 Å². The zero-order valence-electron chi connectivity index (χ0n) is 14.6. The number of aromatic nitrogens is 1. The minimum absolute atomic E-state index is 0.0691. The van der Waals surface area contributed by atoms with E-state index in [1.165, 1.54) is 23.8 Å². The van der Waals surface area contributed by atoms with Crippen LogP contribution in [0.5, 0.6) is 0 Å². The minimum atomic E-state index is -0.660. The van der Waals surface area contributed by atoms with Crippen LogP contribution < -0.4 is 10.2 Å². The van der Waals surface area contributed by atoms with E-state index < -0.39 is 11.7 Å². The number of pyridine rings is 1.